The highest BCUT2D eigenvalue weighted by Crippen LogP contribution is 2.22. The van der Waals surface area contributed by atoms with Crippen molar-refractivity contribution in [1.29, 1.82) is 0 Å². The molecular weight excluding hydrogens is 305 g/mol. The van der Waals surface area contributed by atoms with E-state index in [-0.39, 0.29) is 11.7 Å². The van der Waals surface area contributed by atoms with Crippen LogP contribution >= 0.6 is 0 Å². The summed E-state index contributed by atoms with van der Waals surface area (Å²) in [4.78, 5) is 19.9. The number of fused-ring (bicyclic) bond motifs is 2. The van der Waals surface area contributed by atoms with Crippen molar-refractivity contribution >= 4 is 28.6 Å². The lowest BCUT2D eigenvalue weighted by molar-refractivity contribution is 0.0969. The van der Waals surface area contributed by atoms with Gasteiger partial charge in [-0.05, 0) is 48.9 Å². The van der Waals surface area contributed by atoms with Gasteiger partial charge >= 0.3 is 0 Å². The number of hydrogen-bond donors (Lipinski definition) is 2. The number of halogens is 1. The highest BCUT2D eigenvalue weighted by Gasteiger charge is 2.15. The number of nitrogens with zero attached hydrogens (tertiary/aromatic N) is 1. The number of rotatable bonds is 2. The van der Waals surface area contributed by atoms with Crippen LogP contribution in [-0.2, 0) is 0 Å². The summed E-state index contributed by atoms with van der Waals surface area (Å²) in [5.74, 6) is -0.597. The van der Waals surface area contributed by atoms with Crippen molar-refractivity contribution < 1.29 is 9.18 Å². The number of hydrogen-bond acceptors (Lipinski definition) is 2. The summed E-state index contributed by atoms with van der Waals surface area (Å²) < 4.78 is 13.3. The third-order valence-electron chi connectivity index (χ3n) is 3.94. The fourth-order valence-corrected chi connectivity index (χ4v) is 2.79. The molecule has 4 nitrogen and oxygen atoms in total. The average Bonchev–Trinajstić information content (AvgIpc) is 2.90. The monoisotopic (exact) mass is 319 g/mol. The number of carbonyl (C=O) groups is 1. The maximum Gasteiger partial charge on any atom is 0.272 e. The average molecular weight is 319 g/mol. The molecule has 0 bridgehead atoms. The van der Waals surface area contributed by atoms with E-state index in [0.29, 0.717) is 17.5 Å². The van der Waals surface area contributed by atoms with Crippen LogP contribution in [0.25, 0.3) is 22.7 Å². The Labute approximate surface area is 137 Å². The summed E-state index contributed by atoms with van der Waals surface area (Å²) in [6, 6.07) is 9.79. The van der Waals surface area contributed by atoms with Crippen molar-refractivity contribution in [2.24, 2.45) is 0 Å². The van der Waals surface area contributed by atoms with Gasteiger partial charge in [-0.2, -0.15) is 0 Å². The fraction of sp³-hybridized carbons (Fsp3) is 0.0526. The zero-order valence-corrected chi connectivity index (χ0v) is 12.7. The molecule has 2 heterocycles. The van der Waals surface area contributed by atoms with Gasteiger partial charge in [-0.15, -0.1) is 0 Å². The van der Waals surface area contributed by atoms with Gasteiger partial charge in [0.05, 0.1) is 5.69 Å². The van der Waals surface area contributed by atoms with Crippen molar-refractivity contribution in [3.63, 3.8) is 0 Å². The Bertz CT molecular complexity index is 1000. The minimum atomic E-state index is -0.328. The molecule has 0 fully saturated rings. The molecule has 0 spiro atoms. The van der Waals surface area contributed by atoms with Crippen molar-refractivity contribution in [3.05, 3.63) is 77.5 Å². The van der Waals surface area contributed by atoms with Crippen molar-refractivity contribution in [3.8, 4) is 0 Å². The van der Waals surface area contributed by atoms with E-state index in [2.05, 4.69) is 15.3 Å². The van der Waals surface area contributed by atoms with Gasteiger partial charge in [0, 0.05) is 28.4 Å². The second-order valence-corrected chi connectivity index (χ2v) is 5.56. The van der Waals surface area contributed by atoms with Crippen LogP contribution < -0.4 is 5.32 Å². The number of amides is 1. The first-order valence-electron chi connectivity index (χ1n) is 7.62. The number of aromatic amines is 1. The lowest BCUT2D eigenvalue weighted by Gasteiger charge is -2.10. The van der Waals surface area contributed by atoms with Crippen LogP contribution in [0.5, 0.6) is 0 Å². The molecule has 2 N–H and O–H groups in total. The van der Waals surface area contributed by atoms with E-state index in [0.717, 1.165) is 22.5 Å². The van der Waals surface area contributed by atoms with Crippen molar-refractivity contribution in [2.45, 2.75) is 6.42 Å². The normalized spacial score (nSPS) is 13.3. The van der Waals surface area contributed by atoms with Crippen LogP contribution in [0.2, 0.25) is 0 Å². The molecule has 24 heavy (non-hydrogen) atoms. The number of allylic oxidation sites excluding steroid dienone is 2. The third-order valence-corrected chi connectivity index (χ3v) is 3.94. The van der Waals surface area contributed by atoms with Crippen LogP contribution in [-0.4, -0.2) is 15.9 Å². The Morgan fingerprint density at radius 2 is 2.17 bits per heavy atom. The number of carbonyl (C=O) groups excluding carboxylic acids is 1. The minimum absolute atomic E-state index is 0.269. The SMILES string of the molecule is O=C(NC1=CCC=Cc2ncccc21)c1cc2cc(F)ccc2[nH]1. The summed E-state index contributed by atoms with van der Waals surface area (Å²) in [5.41, 5.74) is 3.53. The predicted molar refractivity (Wildman–Crippen MR) is 91.6 cm³/mol. The Kier molecular flexibility index (Phi) is 3.46. The highest BCUT2D eigenvalue weighted by molar-refractivity contribution is 6.02. The van der Waals surface area contributed by atoms with E-state index in [4.69, 9.17) is 0 Å². The van der Waals surface area contributed by atoms with E-state index in [1.54, 1.807) is 18.3 Å². The first-order valence-corrected chi connectivity index (χ1v) is 7.62. The van der Waals surface area contributed by atoms with Gasteiger partial charge in [0.1, 0.15) is 11.5 Å². The Balaban J connectivity index is 1.65. The van der Waals surface area contributed by atoms with Crippen LogP contribution in [0.1, 0.15) is 28.2 Å². The molecule has 1 aliphatic carbocycles. The molecular formula is C19H14FN3O. The van der Waals surface area contributed by atoms with E-state index < -0.39 is 0 Å². The van der Waals surface area contributed by atoms with Gasteiger partial charge < -0.3 is 10.3 Å². The van der Waals surface area contributed by atoms with Gasteiger partial charge in [-0.3, -0.25) is 9.78 Å². The van der Waals surface area contributed by atoms with Gasteiger partial charge in [0.25, 0.3) is 5.91 Å². The summed E-state index contributed by atoms with van der Waals surface area (Å²) in [6.45, 7) is 0. The van der Waals surface area contributed by atoms with Gasteiger partial charge in [-0.1, -0.05) is 12.2 Å². The summed E-state index contributed by atoms with van der Waals surface area (Å²) in [7, 11) is 0. The molecule has 0 atom stereocenters. The van der Waals surface area contributed by atoms with E-state index >= 15 is 0 Å². The van der Waals surface area contributed by atoms with Crippen LogP contribution in [0, 0.1) is 5.82 Å². The molecule has 3 aromatic rings. The van der Waals surface area contributed by atoms with E-state index in [1.165, 1.54) is 12.1 Å². The molecule has 2 aromatic heterocycles. The number of benzene rings is 1. The van der Waals surface area contributed by atoms with Gasteiger partial charge in [0.15, 0.2) is 0 Å². The molecule has 0 saturated heterocycles. The highest BCUT2D eigenvalue weighted by atomic mass is 19.1. The van der Waals surface area contributed by atoms with E-state index in [1.807, 2.05) is 30.4 Å². The Morgan fingerprint density at radius 3 is 3.08 bits per heavy atom. The fourth-order valence-electron chi connectivity index (χ4n) is 2.79. The zero-order valence-electron chi connectivity index (χ0n) is 12.7. The van der Waals surface area contributed by atoms with E-state index in [9.17, 15) is 9.18 Å². The smallest absolute Gasteiger partial charge is 0.272 e. The van der Waals surface area contributed by atoms with Gasteiger partial charge in [0.2, 0.25) is 0 Å². The first kappa shape index (κ1) is 14.4. The molecule has 0 aliphatic heterocycles. The lowest BCUT2D eigenvalue weighted by Crippen LogP contribution is -2.22. The Morgan fingerprint density at radius 1 is 1.25 bits per heavy atom. The number of pyridine rings is 1. The summed E-state index contributed by atoms with van der Waals surface area (Å²) >= 11 is 0. The lowest BCUT2D eigenvalue weighted by atomic mass is 10.1. The molecule has 5 heteroatoms. The standard InChI is InChI=1S/C19H14FN3O/c20-13-7-8-15-12(10-13)11-18(22-15)19(24)23-17-6-2-1-5-16-14(17)4-3-9-21-16/h1,3-11,22H,2H2,(H,23,24). The molecule has 1 amide bonds. The number of aromatic nitrogens is 2. The predicted octanol–water partition coefficient (Wildman–Crippen LogP) is 3.89. The number of H-pyrrole nitrogens is 1. The largest absolute Gasteiger partial charge is 0.351 e. The molecule has 0 saturated carbocycles. The van der Waals surface area contributed by atoms with Crippen LogP contribution in [0.15, 0.2) is 54.7 Å². The Hall–Kier alpha value is -3.21. The van der Waals surface area contributed by atoms with Crippen LogP contribution in [0.4, 0.5) is 4.39 Å². The van der Waals surface area contributed by atoms with Gasteiger partial charge in [-0.25, -0.2) is 4.39 Å². The maximum atomic E-state index is 13.3. The molecule has 1 aromatic carbocycles. The van der Waals surface area contributed by atoms with Crippen LogP contribution in [0.3, 0.4) is 0 Å². The second kappa shape index (κ2) is 5.77. The summed E-state index contributed by atoms with van der Waals surface area (Å²) in [6.07, 6.45) is 8.32. The first-order chi connectivity index (χ1) is 11.7. The maximum absolute atomic E-state index is 13.3. The molecule has 1 aliphatic rings. The quantitative estimate of drug-likeness (QED) is 0.753. The zero-order chi connectivity index (χ0) is 16.5. The molecule has 0 unspecified atom stereocenters. The third kappa shape index (κ3) is 2.60. The second-order valence-electron chi connectivity index (χ2n) is 5.56. The van der Waals surface area contributed by atoms with Crippen molar-refractivity contribution in [2.75, 3.05) is 0 Å². The minimum Gasteiger partial charge on any atom is -0.351 e. The topological polar surface area (TPSA) is 57.8 Å². The molecule has 118 valence electrons. The molecule has 4 rings (SSSR count). The number of nitrogens with one attached hydrogen (secondary N) is 2. The summed E-state index contributed by atoms with van der Waals surface area (Å²) in [5, 5.41) is 3.59. The molecule has 0 radical (unpaired) electrons. The van der Waals surface area contributed by atoms with Crippen molar-refractivity contribution in [1.82, 2.24) is 15.3 Å².